The molecule has 0 saturated heterocycles. The molecule has 2 aromatic rings. The quantitative estimate of drug-likeness (QED) is 0.530. The maximum absolute atomic E-state index is 10.7. The summed E-state index contributed by atoms with van der Waals surface area (Å²) in [6, 6.07) is 13.3. The van der Waals surface area contributed by atoms with Crippen LogP contribution in [0.15, 0.2) is 53.0 Å². The number of phenols is 1. The summed E-state index contributed by atoms with van der Waals surface area (Å²) in [5.41, 5.74) is 1.68. The summed E-state index contributed by atoms with van der Waals surface area (Å²) in [5.74, 6) is -0.689. The first-order valence-corrected chi connectivity index (χ1v) is 8.89. The molecule has 0 aliphatic heterocycles. The van der Waals surface area contributed by atoms with Crippen molar-refractivity contribution in [1.82, 2.24) is 5.32 Å². The van der Waals surface area contributed by atoms with Crippen molar-refractivity contribution < 1.29 is 19.8 Å². The smallest absolute Gasteiger partial charge is 0.321 e. The molecule has 0 aliphatic rings. The van der Waals surface area contributed by atoms with Crippen LogP contribution in [0.1, 0.15) is 19.4 Å². The Labute approximate surface area is 162 Å². The third-order valence-electron chi connectivity index (χ3n) is 3.09. The van der Waals surface area contributed by atoms with Crippen LogP contribution in [0.5, 0.6) is 5.75 Å². The molecule has 4 N–H and O–H groups in total. The van der Waals surface area contributed by atoms with Crippen molar-refractivity contribution in [3.05, 3.63) is 58.6 Å². The highest BCUT2D eigenvalue weighted by Gasteiger charge is 2.14. The fourth-order valence-corrected chi connectivity index (χ4v) is 2.06. The molecule has 0 spiro atoms. The van der Waals surface area contributed by atoms with E-state index in [-0.39, 0.29) is 5.75 Å². The number of anilines is 1. The Hall–Kier alpha value is -2.38. The zero-order valence-corrected chi connectivity index (χ0v) is 16.7. The lowest BCUT2D eigenvalue weighted by molar-refractivity contribution is -0.139. The van der Waals surface area contributed by atoms with E-state index in [1.165, 1.54) is 0 Å². The second kappa shape index (κ2) is 13.9. The standard InChI is InChI=1S/C10H13NO3.C7H6BrNO.C2H6/c1-11-9(10(13)14)6-7-2-4-8(12)5-3-7;8-6-1-3-7(4-2-6)9-5-10;1-2/h2-5,9,11-12H,6H2,1H3,(H,13,14);1-5H,(H,9,10);1-2H3. The van der Waals surface area contributed by atoms with Crippen molar-refractivity contribution in [2.24, 2.45) is 0 Å². The topological polar surface area (TPSA) is 98.7 Å². The number of carbonyl (C=O) groups excluding carboxylic acids is 1. The number of aliphatic carboxylic acids is 1. The van der Waals surface area contributed by atoms with Crippen LogP contribution in [0.2, 0.25) is 0 Å². The predicted octanol–water partition coefficient (Wildman–Crippen LogP) is 3.65. The lowest BCUT2D eigenvalue weighted by Gasteiger charge is -2.10. The summed E-state index contributed by atoms with van der Waals surface area (Å²) in [7, 11) is 1.61. The molecule has 7 heteroatoms. The number of rotatable bonds is 6. The molecule has 26 heavy (non-hydrogen) atoms. The van der Waals surface area contributed by atoms with Gasteiger partial charge in [0.15, 0.2) is 0 Å². The summed E-state index contributed by atoms with van der Waals surface area (Å²) < 4.78 is 1.00. The molecular formula is C19H25BrN2O4. The molecule has 0 bridgehead atoms. The van der Waals surface area contributed by atoms with Gasteiger partial charge in [0.05, 0.1) is 0 Å². The van der Waals surface area contributed by atoms with Crippen molar-refractivity contribution in [2.45, 2.75) is 26.3 Å². The summed E-state index contributed by atoms with van der Waals surface area (Å²) in [5, 5.41) is 23.0. The van der Waals surface area contributed by atoms with E-state index in [4.69, 9.17) is 10.2 Å². The Morgan fingerprint density at radius 2 is 1.65 bits per heavy atom. The van der Waals surface area contributed by atoms with Crippen LogP contribution in [0.3, 0.4) is 0 Å². The van der Waals surface area contributed by atoms with E-state index in [0.29, 0.717) is 12.8 Å². The normalized spacial score (nSPS) is 10.3. The fraction of sp³-hybridized carbons (Fsp3) is 0.263. The number of hydrogen-bond donors (Lipinski definition) is 4. The van der Waals surface area contributed by atoms with Crippen LogP contribution in [0, 0.1) is 0 Å². The Balaban J connectivity index is 0.000000458. The Morgan fingerprint density at radius 3 is 2.08 bits per heavy atom. The van der Waals surface area contributed by atoms with Gasteiger partial charge in [-0.25, -0.2) is 0 Å². The van der Waals surface area contributed by atoms with Crippen LogP contribution in [-0.4, -0.2) is 35.7 Å². The van der Waals surface area contributed by atoms with Crippen molar-refractivity contribution in [3.8, 4) is 5.75 Å². The average molecular weight is 425 g/mol. The molecular weight excluding hydrogens is 400 g/mol. The Kier molecular flexibility index (Phi) is 12.6. The van der Waals surface area contributed by atoms with Gasteiger partial charge in [-0.05, 0) is 55.4 Å². The second-order valence-corrected chi connectivity index (χ2v) is 5.73. The molecule has 0 radical (unpaired) electrons. The first kappa shape index (κ1) is 23.6. The van der Waals surface area contributed by atoms with Crippen molar-refractivity contribution in [2.75, 3.05) is 12.4 Å². The van der Waals surface area contributed by atoms with E-state index >= 15 is 0 Å². The minimum absolute atomic E-state index is 0.185. The number of phenolic OH excluding ortho intramolecular Hbond substituents is 1. The van der Waals surface area contributed by atoms with E-state index in [0.717, 1.165) is 15.7 Å². The molecule has 0 aliphatic carbocycles. The molecule has 1 atom stereocenters. The van der Waals surface area contributed by atoms with Crippen molar-refractivity contribution in [3.63, 3.8) is 0 Å². The summed E-state index contributed by atoms with van der Waals surface area (Å²) in [6.07, 6.45) is 1.06. The first-order valence-electron chi connectivity index (χ1n) is 8.10. The molecule has 0 aromatic heterocycles. The van der Waals surface area contributed by atoms with Gasteiger partial charge >= 0.3 is 5.97 Å². The highest BCUT2D eigenvalue weighted by molar-refractivity contribution is 9.10. The number of carbonyl (C=O) groups is 2. The molecule has 1 unspecified atom stereocenters. The number of carboxylic acid groups (broad SMARTS) is 1. The van der Waals surface area contributed by atoms with Gasteiger partial charge in [0.2, 0.25) is 6.41 Å². The number of likely N-dealkylation sites (N-methyl/N-ethyl adjacent to an activating group) is 1. The van der Waals surface area contributed by atoms with E-state index < -0.39 is 12.0 Å². The molecule has 0 saturated carbocycles. The van der Waals surface area contributed by atoms with Gasteiger partial charge in [-0.2, -0.15) is 0 Å². The number of hydrogen-bond acceptors (Lipinski definition) is 4. The third kappa shape index (κ3) is 9.80. The molecule has 2 aromatic carbocycles. The second-order valence-electron chi connectivity index (χ2n) is 4.82. The van der Waals surface area contributed by atoms with Gasteiger partial charge in [0, 0.05) is 10.2 Å². The monoisotopic (exact) mass is 424 g/mol. The molecule has 0 fully saturated rings. The number of carboxylic acids is 1. The maximum atomic E-state index is 10.7. The number of nitrogens with one attached hydrogen (secondary N) is 2. The number of aromatic hydroxyl groups is 1. The SMILES string of the molecule is CC.CNC(Cc1ccc(O)cc1)C(=O)O.O=CNc1ccc(Br)cc1. The third-order valence-corrected chi connectivity index (χ3v) is 3.62. The van der Waals surface area contributed by atoms with Crippen LogP contribution >= 0.6 is 15.9 Å². The lowest BCUT2D eigenvalue weighted by Crippen LogP contribution is -2.35. The lowest BCUT2D eigenvalue weighted by atomic mass is 10.1. The first-order chi connectivity index (χ1) is 12.5. The predicted molar refractivity (Wildman–Crippen MR) is 107 cm³/mol. The van der Waals surface area contributed by atoms with Crippen molar-refractivity contribution in [1.29, 1.82) is 0 Å². The number of amides is 1. The highest BCUT2D eigenvalue weighted by atomic mass is 79.9. The summed E-state index contributed by atoms with van der Waals surface area (Å²) in [4.78, 5) is 20.6. The van der Waals surface area contributed by atoms with Crippen LogP contribution in [0.4, 0.5) is 5.69 Å². The summed E-state index contributed by atoms with van der Waals surface area (Å²) >= 11 is 3.28. The maximum Gasteiger partial charge on any atom is 0.321 e. The average Bonchev–Trinajstić information content (AvgIpc) is 2.65. The van der Waals surface area contributed by atoms with E-state index in [2.05, 4.69) is 26.6 Å². The van der Waals surface area contributed by atoms with Crippen LogP contribution in [-0.2, 0) is 16.0 Å². The fourth-order valence-electron chi connectivity index (χ4n) is 1.79. The van der Waals surface area contributed by atoms with E-state index in [1.54, 1.807) is 31.3 Å². The summed E-state index contributed by atoms with van der Waals surface area (Å²) in [6.45, 7) is 4.00. The van der Waals surface area contributed by atoms with Gasteiger partial charge in [-0.1, -0.05) is 41.9 Å². The number of benzene rings is 2. The molecule has 142 valence electrons. The molecule has 1 amide bonds. The van der Waals surface area contributed by atoms with Gasteiger partial charge < -0.3 is 20.8 Å². The van der Waals surface area contributed by atoms with Gasteiger partial charge in [0.1, 0.15) is 11.8 Å². The molecule has 0 heterocycles. The van der Waals surface area contributed by atoms with Crippen molar-refractivity contribution >= 4 is 34.0 Å². The zero-order chi connectivity index (χ0) is 19.9. The van der Waals surface area contributed by atoms with Crippen LogP contribution in [0.25, 0.3) is 0 Å². The van der Waals surface area contributed by atoms with E-state index in [9.17, 15) is 9.59 Å². The Bertz CT molecular complexity index is 646. The zero-order valence-electron chi connectivity index (χ0n) is 15.1. The molecule has 6 nitrogen and oxygen atoms in total. The van der Waals surface area contributed by atoms with Gasteiger partial charge in [0.25, 0.3) is 0 Å². The van der Waals surface area contributed by atoms with Crippen LogP contribution < -0.4 is 10.6 Å². The molecule has 2 rings (SSSR count). The minimum Gasteiger partial charge on any atom is -0.508 e. The van der Waals surface area contributed by atoms with Gasteiger partial charge in [-0.3, -0.25) is 9.59 Å². The largest absolute Gasteiger partial charge is 0.508 e. The highest BCUT2D eigenvalue weighted by Crippen LogP contribution is 2.13. The van der Waals surface area contributed by atoms with Gasteiger partial charge in [-0.15, -0.1) is 0 Å². The van der Waals surface area contributed by atoms with E-state index in [1.807, 2.05) is 38.1 Å². The minimum atomic E-state index is -0.874. The Morgan fingerprint density at radius 1 is 1.12 bits per heavy atom. The number of halogens is 1.